The highest BCUT2D eigenvalue weighted by molar-refractivity contribution is 4.94. The van der Waals surface area contributed by atoms with Gasteiger partial charge in [0.25, 0.3) is 0 Å². The molecule has 0 aromatic heterocycles. The van der Waals surface area contributed by atoms with Crippen molar-refractivity contribution in [2.24, 2.45) is 0 Å². The fourth-order valence-corrected chi connectivity index (χ4v) is 2.92. The fraction of sp³-hybridized carbons (Fsp3) is 1.00. The maximum Gasteiger partial charge on any atom is 0.0178 e. The second-order valence-electron chi connectivity index (χ2n) is 5.32. The second kappa shape index (κ2) is 5.31. The zero-order valence-corrected chi connectivity index (χ0v) is 10.2. The molecule has 0 bridgehead atoms. The average Bonchev–Trinajstić information content (AvgIpc) is 2.68. The third-order valence-corrected chi connectivity index (χ3v) is 4.34. The molecular formula is C13H26N2. The van der Waals surface area contributed by atoms with Gasteiger partial charge in [0.15, 0.2) is 0 Å². The maximum atomic E-state index is 3.78. The lowest BCUT2D eigenvalue weighted by molar-refractivity contribution is 0.174. The van der Waals surface area contributed by atoms with Crippen molar-refractivity contribution >= 4 is 0 Å². The number of nitrogens with zero attached hydrogens (tertiary/aromatic N) is 1. The van der Waals surface area contributed by atoms with Crippen LogP contribution in [0, 0.1) is 0 Å². The van der Waals surface area contributed by atoms with E-state index in [1.54, 1.807) is 0 Å². The van der Waals surface area contributed by atoms with Crippen LogP contribution in [-0.2, 0) is 0 Å². The highest BCUT2D eigenvalue weighted by Crippen LogP contribution is 2.34. The molecule has 0 aromatic carbocycles. The molecule has 1 N–H and O–H groups in total. The third kappa shape index (κ3) is 2.94. The molecule has 0 aromatic rings. The molecule has 0 atom stereocenters. The molecule has 2 fully saturated rings. The minimum absolute atomic E-state index is 0.547. The Bertz CT molecular complexity index is 175. The van der Waals surface area contributed by atoms with E-state index in [0.29, 0.717) is 5.54 Å². The molecule has 0 unspecified atom stereocenters. The van der Waals surface area contributed by atoms with Gasteiger partial charge in [0.05, 0.1) is 0 Å². The van der Waals surface area contributed by atoms with Crippen LogP contribution in [0.5, 0.6) is 0 Å². The van der Waals surface area contributed by atoms with E-state index >= 15 is 0 Å². The average molecular weight is 210 g/mol. The van der Waals surface area contributed by atoms with Crippen LogP contribution >= 0.6 is 0 Å². The molecule has 15 heavy (non-hydrogen) atoms. The van der Waals surface area contributed by atoms with Crippen molar-refractivity contribution in [3.05, 3.63) is 0 Å². The molecule has 1 aliphatic carbocycles. The highest BCUT2D eigenvalue weighted by atomic mass is 15.1. The Hall–Kier alpha value is -0.0800. The van der Waals surface area contributed by atoms with E-state index in [1.165, 1.54) is 71.1 Å². The van der Waals surface area contributed by atoms with E-state index in [4.69, 9.17) is 0 Å². The first-order chi connectivity index (χ1) is 7.35. The van der Waals surface area contributed by atoms with Crippen molar-refractivity contribution < 1.29 is 0 Å². The molecular weight excluding hydrogens is 184 g/mol. The number of hydrogen-bond donors (Lipinski definition) is 1. The molecule has 2 nitrogen and oxygen atoms in total. The predicted octanol–water partition coefficient (Wildman–Crippen LogP) is 2.39. The van der Waals surface area contributed by atoms with E-state index in [1.807, 2.05) is 0 Å². The van der Waals surface area contributed by atoms with Gasteiger partial charge in [0, 0.05) is 5.54 Å². The summed E-state index contributed by atoms with van der Waals surface area (Å²) in [6, 6.07) is 0. The molecule has 0 spiro atoms. The van der Waals surface area contributed by atoms with Crippen LogP contribution in [0.1, 0.15) is 51.9 Å². The summed E-state index contributed by atoms with van der Waals surface area (Å²) in [5.41, 5.74) is 0.547. The van der Waals surface area contributed by atoms with Crippen LogP contribution in [0.15, 0.2) is 0 Å². The summed E-state index contributed by atoms with van der Waals surface area (Å²) in [5.74, 6) is 0. The van der Waals surface area contributed by atoms with Gasteiger partial charge in [-0.15, -0.1) is 0 Å². The van der Waals surface area contributed by atoms with Gasteiger partial charge in [0.1, 0.15) is 0 Å². The van der Waals surface area contributed by atoms with Crippen LogP contribution in [0.2, 0.25) is 0 Å². The van der Waals surface area contributed by atoms with E-state index in [9.17, 15) is 0 Å². The first-order valence-corrected chi connectivity index (χ1v) is 6.82. The molecule has 1 heterocycles. The number of rotatable bonds is 6. The van der Waals surface area contributed by atoms with Crippen LogP contribution in [0.25, 0.3) is 0 Å². The summed E-state index contributed by atoms with van der Waals surface area (Å²) in [6.07, 6.45) is 9.75. The summed E-state index contributed by atoms with van der Waals surface area (Å²) < 4.78 is 0. The molecule has 1 aliphatic heterocycles. The van der Waals surface area contributed by atoms with Gasteiger partial charge < -0.3 is 10.2 Å². The Morgan fingerprint density at radius 3 is 2.40 bits per heavy atom. The molecule has 1 saturated carbocycles. The van der Waals surface area contributed by atoms with E-state index in [-0.39, 0.29) is 0 Å². The standard InChI is InChI=1S/C13H26N2/c1-2-13(7-5-8-13)14-9-6-12-15-10-3-4-11-15/h14H,2-12H2,1H3. The van der Waals surface area contributed by atoms with Gasteiger partial charge in [-0.05, 0) is 71.1 Å². The van der Waals surface area contributed by atoms with Gasteiger partial charge in [-0.1, -0.05) is 6.92 Å². The summed E-state index contributed by atoms with van der Waals surface area (Å²) in [6.45, 7) is 7.56. The maximum absolute atomic E-state index is 3.78. The SMILES string of the molecule is CCC1(NCCCN2CCCC2)CCC1. The van der Waals surface area contributed by atoms with E-state index in [0.717, 1.165) is 0 Å². The van der Waals surface area contributed by atoms with Gasteiger partial charge in [0.2, 0.25) is 0 Å². The number of hydrogen-bond acceptors (Lipinski definition) is 2. The predicted molar refractivity (Wildman–Crippen MR) is 65.2 cm³/mol. The first-order valence-electron chi connectivity index (χ1n) is 6.82. The normalized spacial score (nSPS) is 25.4. The van der Waals surface area contributed by atoms with Crippen LogP contribution in [-0.4, -0.2) is 36.6 Å². The zero-order chi connectivity index (χ0) is 10.6. The van der Waals surface area contributed by atoms with Crippen LogP contribution in [0.4, 0.5) is 0 Å². The Morgan fingerprint density at radius 1 is 1.13 bits per heavy atom. The van der Waals surface area contributed by atoms with E-state index in [2.05, 4.69) is 17.1 Å². The van der Waals surface area contributed by atoms with E-state index < -0.39 is 0 Å². The van der Waals surface area contributed by atoms with Gasteiger partial charge in [-0.3, -0.25) is 0 Å². The van der Waals surface area contributed by atoms with Crippen molar-refractivity contribution in [1.29, 1.82) is 0 Å². The minimum atomic E-state index is 0.547. The number of likely N-dealkylation sites (tertiary alicyclic amines) is 1. The lowest BCUT2D eigenvalue weighted by Crippen LogP contribution is -2.51. The third-order valence-electron chi connectivity index (χ3n) is 4.34. The van der Waals surface area contributed by atoms with Crippen molar-refractivity contribution in [1.82, 2.24) is 10.2 Å². The molecule has 0 amide bonds. The molecule has 2 heteroatoms. The molecule has 88 valence electrons. The summed E-state index contributed by atoms with van der Waals surface area (Å²) in [7, 11) is 0. The van der Waals surface area contributed by atoms with Crippen LogP contribution in [0.3, 0.4) is 0 Å². The fourth-order valence-electron chi connectivity index (χ4n) is 2.92. The molecule has 1 saturated heterocycles. The number of nitrogens with one attached hydrogen (secondary N) is 1. The molecule has 2 rings (SSSR count). The van der Waals surface area contributed by atoms with Crippen molar-refractivity contribution in [2.75, 3.05) is 26.2 Å². The largest absolute Gasteiger partial charge is 0.311 e. The Morgan fingerprint density at radius 2 is 1.87 bits per heavy atom. The smallest absolute Gasteiger partial charge is 0.0178 e. The molecule has 0 radical (unpaired) electrons. The summed E-state index contributed by atoms with van der Waals surface area (Å²) >= 11 is 0. The lowest BCUT2D eigenvalue weighted by atomic mass is 9.75. The Balaban J connectivity index is 1.54. The first kappa shape index (κ1) is 11.4. The van der Waals surface area contributed by atoms with Gasteiger partial charge in [-0.2, -0.15) is 0 Å². The minimum Gasteiger partial charge on any atom is -0.311 e. The van der Waals surface area contributed by atoms with Gasteiger partial charge in [-0.25, -0.2) is 0 Å². The molecule has 2 aliphatic rings. The lowest BCUT2D eigenvalue weighted by Gasteiger charge is -2.42. The van der Waals surface area contributed by atoms with Crippen molar-refractivity contribution in [3.8, 4) is 0 Å². The summed E-state index contributed by atoms with van der Waals surface area (Å²) in [4.78, 5) is 2.61. The monoisotopic (exact) mass is 210 g/mol. The van der Waals surface area contributed by atoms with Crippen molar-refractivity contribution in [3.63, 3.8) is 0 Å². The van der Waals surface area contributed by atoms with Crippen molar-refractivity contribution in [2.45, 2.75) is 57.4 Å². The second-order valence-corrected chi connectivity index (χ2v) is 5.32. The quantitative estimate of drug-likeness (QED) is 0.677. The Kier molecular flexibility index (Phi) is 4.04. The van der Waals surface area contributed by atoms with Crippen LogP contribution < -0.4 is 5.32 Å². The summed E-state index contributed by atoms with van der Waals surface area (Å²) in [5, 5.41) is 3.78. The topological polar surface area (TPSA) is 15.3 Å². The van der Waals surface area contributed by atoms with Gasteiger partial charge >= 0.3 is 0 Å². The Labute approximate surface area is 94.4 Å². The highest BCUT2D eigenvalue weighted by Gasteiger charge is 2.33. The zero-order valence-electron chi connectivity index (χ0n) is 10.2.